The quantitative estimate of drug-likeness (QED) is 0.864. The number of carbonyl (C=O) groups excluding carboxylic acids is 1. The number of thioether (sulfide) groups is 1. The molecule has 0 aliphatic carbocycles. The van der Waals surface area contributed by atoms with Crippen LogP contribution in [0.25, 0.3) is 0 Å². The first kappa shape index (κ1) is 11.8. The maximum absolute atomic E-state index is 11.7. The molecule has 16 heavy (non-hydrogen) atoms. The Kier molecular flexibility index (Phi) is 4.09. The molecule has 1 fully saturated rings. The lowest BCUT2D eigenvalue weighted by atomic mass is 10.2. The predicted molar refractivity (Wildman–Crippen MR) is 67.5 cm³/mol. The van der Waals surface area contributed by atoms with E-state index in [-0.39, 0.29) is 11.9 Å². The van der Waals surface area contributed by atoms with Crippen LogP contribution in [0.1, 0.15) is 5.56 Å². The topological polar surface area (TPSA) is 41.1 Å². The molecule has 0 bridgehead atoms. The fraction of sp³-hybridized carbons (Fsp3) is 0.364. The number of hydrogen-bond donors (Lipinski definition) is 2. The lowest BCUT2D eigenvalue weighted by Crippen LogP contribution is -2.41. The summed E-state index contributed by atoms with van der Waals surface area (Å²) in [5, 5.41) is 6.70. The molecule has 1 atom stereocenters. The largest absolute Gasteiger partial charge is 0.351 e. The van der Waals surface area contributed by atoms with E-state index in [2.05, 4.69) is 10.6 Å². The summed E-state index contributed by atoms with van der Waals surface area (Å²) in [6.07, 6.45) is 0. The van der Waals surface area contributed by atoms with Crippen LogP contribution in [-0.4, -0.2) is 23.6 Å². The highest BCUT2D eigenvalue weighted by molar-refractivity contribution is 7.99. The van der Waals surface area contributed by atoms with Crippen LogP contribution >= 0.6 is 23.4 Å². The van der Waals surface area contributed by atoms with Crippen LogP contribution in [0.3, 0.4) is 0 Å². The van der Waals surface area contributed by atoms with E-state index in [0.717, 1.165) is 17.2 Å². The highest BCUT2D eigenvalue weighted by Gasteiger charge is 2.21. The molecule has 0 radical (unpaired) electrons. The molecule has 2 N–H and O–H groups in total. The minimum absolute atomic E-state index is 0.0462. The van der Waals surface area contributed by atoms with Crippen LogP contribution in [0.4, 0.5) is 0 Å². The van der Waals surface area contributed by atoms with Crippen molar-refractivity contribution >= 4 is 29.3 Å². The van der Waals surface area contributed by atoms with Crippen LogP contribution in [-0.2, 0) is 11.3 Å². The highest BCUT2D eigenvalue weighted by atomic mass is 35.5. The van der Waals surface area contributed by atoms with Gasteiger partial charge in [0, 0.05) is 23.2 Å². The Bertz CT molecular complexity index is 380. The molecule has 1 heterocycles. The van der Waals surface area contributed by atoms with Crippen LogP contribution in [0.5, 0.6) is 0 Å². The van der Waals surface area contributed by atoms with Gasteiger partial charge in [-0.25, -0.2) is 0 Å². The standard InChI is InChI=1S/C11H13ClN2OS/c12-9-4-2-1-3-8(9)5-13-11(15)10-6-16-7-14-10/h1-4,10,14H,5-7H2,(H,13,15). The smallest absolute Gasteiger partial charge is 0.238 e. The third kappa shape index (κ3) is 2.90. The number of amides is 1. The average Bonchev–Trinajstić information content (AvgIpc) is 2.81. The Morgan fingerprint density at radius 2 is 2.38 bits per heavy atom. The van der Waals surface area contributed by atoms with Crippen LogP contribution in [0.15, 0.2) is 24.3 Å². The summed E-state index contributed by atoms with van der Waals surface area (Å²) >= 11 is 7.73. The SMILES string of the molecule is O=C(NCc1ccccc1Cl)C1CSCN1. The normalized spacial score (nSPS) is 19.7. The summed E-state index contributed by atoms with van der Waals surface area (Å²) < 4.78 is 0. The maximum atomic E-state index is 11.7. The molecule has 0 aromatic heterocycles. The first-order chi connectivity index (χ1) is 7.77. The molecule has 1 aromatic rings. The molecule has 3 nitrogen and oxygen atoms in total. The van der Waals surface area contributed by atoms with Crippen molar-refractivity contribution in [2.24, 2.45) is 0 Å². The summed E-state index contributed by atoms with van der Waals surface area (Å²) in [7, 11) is 0. The summed E-state index contributed by atoms with van der Waals surface area (Å²) in [6, 6.07) is 7.47. The monoisotopic (exact) mass is 256 g/mol. The minimum atomic E-state index is -0.0625. The fourth-order valence-electron chi connectivity index (χ4n) is 1.51. The second-order valence-corrected chi connectivity index (χ2v) is 5.02. The Morgan fingerprint density at radius 1 is 1.56 bits per heavy atom. The molecule has 86 valence electrons. The molecular weight excluding hydrogens is 244 g/mol. The Balaban J connectivity index is 1.87. The molecule has 2 rings (SSSR count). The van der Waals surface area contributed by atoms with Crippen molar-refractivity contribution < 1.29 is 4.79 Å². The Labute approximate surface area is 104 Å². The number of rotatable bonds is 3. The molecule has 5 heteroatoms. The minimum Gasteiger partial charge on any atom is -0.351 e. The van der Waals surface area contributed by atoms with Gasteiger partial charge < -0.3 is 5.32 Å². The van der Waals surface area contributed by atoms with E-state index >= 15 is 0 Å². The summed E-state index contributed by atoms with van der Waals surface area (Å²) in [5.74, 6) is 1.74. The van der Waals surface area contributed by atoms with Crippen molar-refractivity contribution in [3.63, 3.8) is 0 Å². The van der Waals surface area contributed by atoms with E-state index in [1.165, 1.54) is 0 Å². The molecule has 1 saturated heterocycles. The molecule has 1 aliphatic heterocycles. The summed E-state index contributed by atoms with van der Waals surface area (Å²) in [6.45, 7) is 0.487. The zero-order chi connectivity index (χ0) is 11.4. The first-order valence-electron chi connectivity index (χ1n) is 5.09. The van der Waals surface area contributed by atoms with Gasteiger partial charge in [-0.3, -0.25) is 10.1 Å². The molecular formula is C11H13ClN2OS. The van der Waals surface area contributed by atoms with Gasteiger partial charge in [-0.1, -0.05) is 29.8 Å². The lowest BCUT2D eigenvalue weighted by Gasteiger charge is -2.11. The molecule has 0 saturated carbocycles. The third-order valence-electron chi connectivity index (χ3n) is 2.44. The van der Waals surface area contributed by atoms with Crippen molar-refractivity contribution in [3.05, 3.63) is 34.9 Å². The van der Waals surface area contributed by atoms with E-state index in [0.29, 0.717) is 11.6 Å². The number of halogens is 1. The highest BCUT2D eigenvalue weighted by Crippen LogP contribution is 2.15. The van der Waals surface area contributed by atoms with E-state index in [4.69, 9.17) is 11.6 Å². The third-order valence-corrected chi connectivity index (χ3v) is 3.75. The van der Waals surface area contributed by atoms with Gasteiger partial charge in [0.05, 0.1) is 6.04 Å². The van der Waals surface area contributed by atoms with Gasteiger partial charge in [0.2, 0.25) is 5.91 Å². The molecule has 1 unspecified atom stereocenters. The number of benzene rings is 1. The maximum Gasteiger partial charge on any atom is 0.238 e. The number of nitrogens with one attached hydrogen (secondary N) is 2. The van der Waals surface area contributed by atoms with Gasteiger partial charge in [-0.2, -0.15) is 0 Å². The zero-order valence-electron chi connectivity index (χ0n) is 8.70. The average molecular weight is 257 g/mol. The molecule has 1 amide bonds. The van der Waals surface area contributed by atoms with Gasteiger partial charge >= 0.3 is 0 Å². The van der Waals surface area contributed by atoms with Crippen molar-refractivity contribution in [1.82, 2.24) is 10.6 Å². The van der Waals surface area contributed by atoms with Crippen molar-refractivity contribution in [2.45, 2.75) is 12.6 Å². The number of hydrogen-bond acceptors (Lipinski definition) is 3. The second kappa shape index (κ2) is 5.57. The molecule has 1 aliphatic rings. The van der Waals surface area contributed by atoms with Crippen LogP contribution in [0, 0.1) is 0 Å². The van der Waals surface area contributed by atoms with Gasteiger partial charge in [0.25, 0.3) is 0 Å². The predicted octanol–water partition coefficient (Wildman–Crippen LogP) is 1.62. The van der Waals surface area contributed by atoms with Crippen LogP contribution < -0.4 is 10.6 Å². The molecule has 1 aromatic carbocycles. The van der Waals surface area contributed by atoms with E-state index in [1.807, 2.05) is 24.3 Å². The van der Waals surface area contributed by atoms with Gasteiger partial charge in [0.15, 0.2) is 0 Å². The van der Waals surface area contributed by atoms with E-state index < -0.39 is 0 Å². The Hall–Kier alpha value is -0.710. The van der Waals surface area contributed by atoms with E-state index in [1.54, 1.807) is 11.8 Å². The second-order valence-electron chi connectivity index (χ2n) is 3.58. The van der Waals surface area contributed by atoms with Crippen molar-refractivity contribution in [1.29, 1.82) is 0 Å². The van der Waals surface area contributed by atoms with Crippen molar-refractivity contribution in [3.8, 4) is 0 Å². The van der Waals surface area contributed by atoms with Gasteiger partial charge in [0.1, 0.15) is 0 Å². The summed E-state index contributed by atoms with van der Waals surface area (Å²) in [4.78, 5) is 11.7. The lowest BCUT2D eigenvalue weighted by molar-refractivity contribution is -0.122. The zero-order valence-corrected chi connectivity index (χ0v) is 10.3. The number of carbonyl (C=O) groups is 1. The summed E-state index contributed by atoms with van der Waals surface area (Å²) in [5.41, 5.74) is 0.947. The molecule has 0 spiro atoms. The van der Waals surface area contributed by atoms with Crippen molar-refractivity contribution in [2.75, 3.05) is 11.6 Å². The fourth-order valence-corrected chi connectivity index (χ4v) is 2.66. The first-order valence-corrected chi connectivity index (χ1v) is 6.63. The van der Waals surface area contributed by atoms with Gasteiger partial charge in [-0.05, 0) is 11.6 Å². The Morgan fingerprint density at radius 3 is 3.06 bits per heavy atom. The van der Waals surface area contributed by atoms with Gasteiger partial charge in [-0.15, -0.1) is 11.8 Å². The van der Waals surface area contributed by atoms with Crippen LogP contribution in [0.2, 0.25) is 5.02 Å². The van der Waals surface area contributed by atoms with E-state index in [9.17, 15) is 4.79 Å².